The van der Waals surface area contributed by atoms with Crippen LogP contribution in [-0.2, 0) is 10.8 Å². The van der Waals surface area contributed by atoms with Gasteiger partial charge < -0.3 is 0 Å². The van der Waals surface area contributed by atoms with Crippen LogP contribution in [0, 0.1) is 0 Å². The predicted molar refractivity (Wildman–Crippen MR) is 85.2 cm³/mol. The summed E-state index contributed by atoms with van der Waals surface area (Å²) in [4.78, 5) is 21.3. The van der Waals surface area contributed by atoms with Gasteiger partial charge in [-0.1, -0.05) is 0 Å². The summed E-state index contributed by atoms with van der Waals surface area (Å²) in [6.45, 7) is -3.13. The average Bonchev–Trinajstić information content (AvgIpc) is 3.47. The van der Waals surface area contributed by atoms with E-state index in [1.807, 2.05) is 0 Å². The number of anilines is 1. The number of thiophene rings is 1. The number of hydrogen-bond donors (Lipinski definition) is 1. The Morgan fingerprint density at radius 2 is 1.70 bits per heavy atom. The average molecular weight is 361 g/mol. The second kappa shape index (κ2) is 0.923. The number of nitrogens with zero attached hydrogens (tertiary/aromatic N) is 2. The van der Waals surface area contributed by atoms with E-state index in [2.05, 4.69) is 27.9 Å². The fourth-order valence-corrected chi connectivity index (χ4v) is 92.7. The molecule has 0 saturated carbocycles. The molecule has 1 spiro atoms. The molecule has 3 nitrogen and oxygen atoms in total. The van der Waals surface area contributed by atoms with E-state index in [0.29, 0.717) is 10.3 Å². The molecule has 2 aromatic heterocycles. The van der Waals surface area contributed by atoms with Gasteiger partial charge in [-0.2, -0.15) is 0 Å². The molecule has 5 heteroatoms. The molecule has 12 heterocycles. The fraction of sp³-hybridized carbons (Fsp3) is 0.556. The molecule has 10 aliphatic heterocycles. The molecule has 4 atom stereocenters. The summed E-state index contributed by atoms with van der Waals surface area (Å²) in [5.41, 5.74) is 9.99. The Hall–Kier alpha value is -0.901. The van der Waals surface area contributed by atoms with E-state index < -0.39 is 6.51 Å². The molecular formula is C18H15FeN3S. The number of nitrogens with two attached hydrogens (primary N) is 1. The summed E-state index contributed by atoms with van der Waals surface area (Å²) >= 11 is 1.74. The summed E-state index contributed by atoms with van der Waals surface area (Å²) in [5, 5.41) is 4.34. The summed E-state index contributed by atoms with van der Waals surface area (Å²) < 4.78 is 0.681. The van der Waals surface area contributed by atoms with Crippen LogP contribution in [0.5, 0.6) is 0 Å². The monoisotopic (exact) mass is 361 g/mol. The van der Waals surface area contributed by atoms with Gasteiger partial charge in [0.15, 0.2) is 0 Å². The first-order valence-corrected chi connectivity index (χ1v) is 16.1. The number of fused-ring (bicyclic) bond motifs is 10. The predicted octanol–water partition coefficient (Wildman–Crippen LogP) is 4.58. The molecule has 10 fully saturated rings. The Kier molecular flexibility index (Phi) is 0.360. The van der Waals surface area contributed by atoms with Gasteiger partial charge in [0.2, 0.25) is 0 Å². The van der Waals surface area contributed by atoms with E-state index in [1.165, 1.54) is 54.6 Å². The van der Waals surface area contributed by atoms with Crippen LogP contribution < -0.4 is 5.73 Å². The Bertz CT molecular complexity index is 1380. The van der Waals surface area contributed by atoms with Gasteiger partial charge >= 0.3 is 127 Å². The van der Waals surface area contributed by atoms with Gasteiger partial charge in [0.1, 0.15) is 0 Å². The fourth-order valence-electron chi connectivity index (χ4n) is 18.1. The standard InChI is InChI=1S/C13H10N3S.C5H5.Fe/c14-13-15-11(9-3-1-2-4-9)7-12(16-13)10-5-6-17-8-10;1-2-4-5-3-1;/h1-8H,(H2,14,15,16);1-5H;. The second-order valence-electron chi connectivity index (χ2n) is 12.2. The van der Waals surface area contributed by atoms with Crippen molar-refractivity contribution in [2.24, 2.45) is 0 Å². The third kappa shape index (κ3) is 0.132. The second-order valence-corrected chi connectivity index (χ2v) is 36.5. The third-order valence-corrected chi connectivity index (χ3v) is 59.6. The normalized spacial score (nSPS) is 91.0. The van der Waals surface area contributed by atoms with Gasteiger partial charge in [-0.25, -0.2) is 0 Å². The van der Waals surface area contributed by atoms with Gasteiger partial charge in [0.25, 0.3) is 0 Å². The Labute approximate surface area is 127 Å². The molecule has 10 saturated heterocycles. The minimum atomic E-state index is -3.13. The maximum atomic E-state index is 6.21. The van der Waals surface area contributed by atoms with E-state index in [0.717, 1.165) is 5.69 Å². The first-order chi connectivity index (χ1) is 11.0. The topological polar surface area (TPSA) is 51.8 Å². The van der Waals surface area contributed by atoms with Gasteiger partial charge in [-0.15, -0.1) is 0 Å². The first-order valence-electron chi connectivity index (χ1n) is 8.90. The Balaban J connectivity index is 1.31. The van der Waals surface area contributed by atoms with E-state index in [4.69, 9.17) is 10.7 Å². The van der Waals surface area contributed by atoms with E-state index in [1.54, 1.807) is 11.3 Å². The number of hydrogen-bond acceptors (Lipinski definition) is 4. The zero-order chi connectivity index (χ0) is 14.3. The van der Waals surface area contributed by atoms with Crippen molar-refractivity contribution in [1.82, 2.24) is 9.97 Å². The van der Waals surface area contributed by atoms with Crippen molar-refractivity contribution in [2.75, 3.05) is 5.73 Å². The van der Waals surface area contributed by atoms with Crippen LogP contribution in [-0.4, -0.2) is 9.97 Å². The summed E-state index contributed by atoms with van der Waals surface area (Å²) in [7, 11) is 0. The van der Waals surface area contributed by atoms with E-state index in [9.17, 15) is 0 Å². The van der Waals surface area contributed by atoms with Crippen LogP contribution in [0.4, 0.5) is 5.95 Å². The van der Waals surface area contributed by atoms with Gasteiger partial charge in [0, 0.05) is 0 Å². The molecule has 2 N–H and O–H groups in total. The van der Waals surface area contributed by atoms with Gasteiger partial charge in [-0.05, 0) is 0 Å². The molecule has 0 bridgehead atoms. The van der Waals surface area contributed by atoms with Crippen LogP contribution >= 0.6 is 11.3 Å². The number of rotatable bonds is 2. The van der Waals surface area contributed by atoms with Crippen molar-refractivity contribution in [3.63, 3.8) is 0 Å². The zero-order valence-corrected chi connectivity index (χ0v) is 14.2. The SMILES string of the molecule is Nc1nc(-c2ccsc2)cc([C]23[CH]4[CH]5[CH]6[CH]2[Fe]56432789[CH]3[CH]2[CH]7[CH]8[CH]39)n1. The zero-order valence-electron chi connectivity index (χ0n) is 12.2. The molecule has 116 valence electrons. The van der Waals surface area contributed by atoms with Crippen molar-refractivity contribution >= 4 is 17.3 Å². The van der Waals surface area contributed by atoms with E-state index in [-0.39, 0.29) is 0 Å². The quantitative estimate of drug-likeness (QED) is 0.797. The molecule has 0 amide bonds. The van der Waals surface area contributed by atoms with Crippen LogP contribution in [0.3, 0.4) is 0 Å². The van der Waals surface area contributed by atoms with Crippen molar-refractivity contribution in [3.8, 4) is 11.3 Å². The number of aromatic nitrogens is 2. The molecule has 0 aliphatic carbocycles. The Morgan fingerprint density at radius 3 is 2.17 bits per heavy atom. The molecule has 10 aliphatic rings. The van der Waals surface area contributed by atoms with E-state index >= 15 is 0 Å². The van der Waals surface area contributed by atoms with Gasteiger partial charge in [-0.3, -0.25) is 0 Å². The molecular weight excluding hydrogens is 346 g/mol. The molecule has 12 rings (SSSR count). The first kappa shape index (κ1) is 8.98. The molecule has 0 aromatic carbocycles. The molecule has 23 heavy (non-hydrogen) atoms. The minimum absolute atomic E-state index is 0.527. The molecule has 0 radical (unpaired) electrons. The van der Waals surface area contributed by atoms with Crippen LogP contribution in [0.2, 0.25) is 43.3 Å². The summed E-state index contributed by atoms with van der Waals surface area (Å²) in [6.07, 6.45) is 0. The van der Waals surface area contributed by atoms with Crippen LogP contribution in [0.25, 0.3) is 11.3 Å². The molecule has 2 aromatic rings. The van der Waals surface area contributed by atoms with Crippen molar-refractivity contribution in [1.29, 1.82) is 0 Å². The maximum absolute atomic E-state index is 6.21. The van der Waals surface area contributed by atoms with Crippen molar-refractivity contribution in [3.05, 3.63) is 28.6 Å². The number of nitrogen functional groups attached to an aromatic ring is 1. The van der Waals surface area contributed by atoms with Crippen molar-refractivity contribution in [2.45, 2.75) is 47.7 Å². The summed E-state index contributed by atoms with van der Waals surface area (Å²) in [5.74, 6) is 0.527. The molecule has 4 unspecified atom stereocenters. The van der Waals surface area contributed by atoms with Crippen molar-refractivity contribution < 1.29 is 6.51 Å². The van der Waals surface area contributed by atoms with Crippen LogP contribution in [0.15, 0.2) is 22.9 Å². The van der Waals surface area contributed by atoms with Gasteiger partial charge in [0.05, 0.1) is 0 Å². The van der Waals surface area contributed by atoms with Crippen LogP contribution in [0.1, 0.15) is 5.69 Å². The summed E-state index contributed by atoms with van der Waals surface area (Å²) in [6, 6.07) is 4.56. The third-order valence-electron chi connectivity index (χ3n) is 16.6. The Morgan fingerprint density at radius 1 is 1.00 bits per heavy atom.